The van der Waals surface area contributed by atoms with Crippen LogP contribution in [0.5, 0.6) is 0 Å². The van der Waals surface area contributed by atoms with Crippen molar-refractivity contribution in [3.05, 3.63) is 0 Å². The molecule has 10 heavy (non-hydrogen) atoms. The number of aliphatic carboxylic acids is 1. The van der Waals surface area contributed by atoms with Crippen molar-refractivity contribution in [3.8, 4) is 0 Å². The van der Waals surface area contributed by atoms with Crippen molar-refractivity contribution in [2.45, 2.75) is 25.9 Å². The van der Waals surface area contributed by atoms with E-state index in [4.69, 9.17) is 10.2 Å². The largest absolute Gasteiger partial charge is 0.481 e. The van der Waals surface area contributed by atoms with E-state index in [0.717, 1.165) is 0 Å². The first-order valence-corrected chi connectivity index (χ1v) is 3.52. The molecule has 1 rings (SSSR count). The van der Waals surface area contributed by atoms with Crippen LogP contribution in [0.4, 0.5) is 0 Å². The van der Waals surface area contributed by atoms with E-state index in [9.17, 15) is 4.79 Å². The number of carbonyl (C=O) groups is 1. The number of hydrogen-bond donors (Lipinski definition) is 2. The minimum Gasteiger partial charge on any atom is -0.481 e. The Hall–Kier alpha value is -0.570. The molecule has 2 N–H and O–H groups in total. The van der Waals surface area contributed by atoms with E-state index in [2.05, 4.69) is 0 Å². The molecule has 0 spiro atoms. The Morgan fingerprint density at radius 2 is 2.10 bits per heavy atom. The van der Waals surface area contributed by atoms with Crippen LogP contribution in [0.2, 0.25) is 0 Å². The Kier molecular flexibility index (Phi) is 1.94. The molecule has 3 heteroatoms. The van der Waals surface area contributed by atoms with E-state index in [0.29, 0.717) is 12.8 Å². The predicted molar refractivity (Wildman–Crippen MR) is 35.5 cm³/mol. The van der Waals surface area contributed by atoms with Crippen molar-refractivity contribution in [1.29, 1.82) is 0 Å². The van der Waals surface area contributed by atoms with E-state index >= 15 is 0 Å². The van der Waals surface area contributed by atoms with Gasteiger partial charge in [-0.15, -0.1) is 0 Å². The average Bonchev–Trinajstić information content (AvgIpc) is 2.10. The molecular formula is C7H12O3. The number of rotatable bonds is 1. The first-order valence-electron chi connectivity index (χ1n) is 3.52. The van der Waals surface area contributed by atoms with Crippen LogP contribution in [0.25, 0.3) is 0 Å². The van der Waals surface area contributed by atoms with Gasteiger partial charge in [0.05, 0.1) is 12.0 Å². The van der Waals surface area contributed by atoms with E-state index < -0.39 is 12.1 Å². The zero-order valence-electron chi connectivity index (χ0n) is 5.95. The summed E-state index contributed by atoms with van der Waals surface area (Å²) in [5.74, 6) is -0.966. The van der Waals surface area contributed by atoms with Gasteiger partial charge in [0, 0.05) is 0 Å². The van der Waals surface area contributed by atoms with Crippen LogP contribution in [0.1, 0.15) is 19.8 Å². The molecule has 0 aliphatic heterocycles. The van der Waals surface area contributed by atoms with Gasteiger partial charge in [-0.3, -0.25) is 4.79 Å². The Labute approximate surface area is 59.7 Å². The molecular weight excluding hydrogens is 132 g/mol. The summed E-state index contributed by atoms with van der Waals surface area (Å²) in [4.78, 5) is 10.4. The lowest BCUT2D eigenvalue weighted by Crippen LogP contribution is -2.15. The van der Waals surface area contributed by atoms with Crippen molar-refractivity contribution >= 4 is 5.97 Å². The summed E-state index contributed by atoms with van der Waals surface area (Å²) in [5.41, 5.74) is 0. The summed E-state index contributed by atoms with van der Waals surface area (Å²) < 4.78 is 0. The number of aliphatic hydroxyl groups is 1. The van der Waals surface area contributed by atoms with Gasteiger partial charge in [-0.1, -0.05) is 6.92 Å². The summed E-state index contributed by atoms with van der Waals surface area (Å²) in [6.07, 6.45) is 0.670. The highest BCUT2D eigenvalue weighted by atomic mass is 16.4. The molecule has 0 aromatic rings. The fourth-order valence-electron chi connectivity index (χ4n) is 1.56. The SMILES string of the molecule is C[C@@H]1C[C@@H](O)C[C@H]1C(=O)O. The normalized spacial score (nSPS) is 40.0. The van der Waals surface area contributed by atoms with E-state index in [-0.39, 0.29) is 11.8 Å². The Balaban J connectivity index is 2.54. The molecule has 1 aliphatic carbocycles. The van der Waals surface area contributed by atoms with Crippen molar-refractivity contribution in [3.63, 3.8) is 0 Å². The van der Waals surface area contributed by atoms with Gasteiger partial charge in [0.1, 0.15) is 0 Å². The fraction of sp³-hybridized carbons (Fsp3) is 0.857. The molecule has 58 valence electrons. The van der Waals surface area contributed by atoms with E-state index in [1.807, 2.05) is 6.92 Å². The topological polar surface area (TPSA) is 57.5 Å². The van der Waals surface area contributed by atoms with Crippen LogP contribution in [0.3, 0.4) is 0 Å². The van der Waals surface area contributed by atoms with E-state index in [1.165, 1.54) is 0 Å². The number of carboxylic acids is 1. The van der Waals surface area contributed by atoms with Gasteiger partial charge in [-0.25, -0.2) is 0 Å². The van der Waals surface area contributed by atoms with Gasteiger partial charge in [0.2, 0.25) is 0 Å². The van der Waals surface area contributed by atoms with Crippen molar-refractivity contribution in [1.82, 2.24) is 0 Å². The number of hydrogen-bond acceptors (Lipinski definition) is 2. The molecule has 1 aliphatic rings. The lowest BCUT2D eigenvalue weighted by Gasteiger charge is -2.06. The van der Waals surface area contributed by atoms with Crippen LogP contribution in [-0.4, -0.2) is 22.3 Å². The molecule has 0 heterocycles. The quantitative estimate of drug-likeness (QED) is 0.562. The molecule has 1 fully saturated rings. The molecule has 0 saturated heterocycles. The van der Waals surface area contributed by atoms with Crippen LogP contribution >= 0.6 is 0 Å². The molecule has 0 unspecified atom stereocenters. The van der Waals surface area contributed by atoms with Crippen molar-refractivity contribution in [2.75, 3.05) is 0 Å². The monoisotopic (exact) mass is 144 g/mol. The number of carboxylic acid groups (broad SMARTS) is 1. The van der Waals surface area contributed by atoms with Crippen LogP contribution in [0, 0.1) is 11.8 Å². The second kappa shape index (κ2) is 2.58. The molecule has 3 nitrogen and oxygen atoms in total. The van der Waals surface area contributed by atoms with E-state index in [1.54, 1.807) is 0 Å². The highest BCUT2D eigenvalue weighted by Gasteiger charge is 2.34. The zero-order valence-corrected chi connectivity index (χ0v) is 5.95. The molecule has 3 atom stereocenters. The third-order valence-electron chi connectivity index (χ3n) is 2.17. The zero-order chi connectivity index (χ0) is 7.72. The third kappa shape index (κ3) is 1.29. The summed E-state index contributed by atoms with van der Waals surface area (Å²) in [6.45, 7) is 1.87. The molecule has 0 radical (unpaired) electrons. The fourth-order valence-corrected chi connectivity index (χ4v) is 1.56. The first-order chi connectivity index (χ1) is 4.61. The standard InChI is InChI=1S/C7H12O3/c1-4-2-5(8)3-6(4)7(9)10/h4-6,8H,2-3H2,1H3,(H,9,10)/t4-,5-,6-/m1/s1. The lowest BCUT2D eigenvalue weighted by molar-refractivity contribution is -0.142. The average molecular weight is 144 g/mol. The third-order valence-corrected chi connectivity index (χ3v) is 2.17. The van der Waals surface area contributed by atoms with Crippen molar-refractivity contribution in [2.24, 2.45) is 11.8 Å². The van der Waals surface area contributed by atoms with Gasteiger partial charge in [0.15, 0.2) is 0 Å². The predicted octanol–water partition coefficient (Wildman–Crippen LogP) is 0.478. The van der Waals surface area contributed by atoms with Crippen LogP contribution in [0.15, 0.2) is 0 Å². The summed E-state index contributed by atoms with van der Waals surface area (Å²) in [7, 11) is 0. The minimum atomic E-state index is -0.774. The molecule has 0 bridgehead atoms. The molecule has 0 amide bonds. The second-order valence-corrected chi connectivity index (χ2v) is 3.05. The maximum Gasteiger partial charge on any atom is 0.306 e. The van der Waals surface area contributed by atoms with Gasteiger partial charge in [-0.05, 0) is 18.8 Å². The van der Waals surface area contributed by atoms with Gasteiger partial charge in [-0.2, -0.15) is 0 Å². The van der Waals surface area contributed by atoms with Crippen LogP contribution in [-0.2, 0) is 4.79 Å². The highest BCUT2D eigenvalue weighted by Crippen LogP contribution is 2.31. The maximum atomic E-state index is 10.4. The minimum absolute atomic E-state index is 0.132. The summed E-state index contributed by atoms with van der Waals surface area (Å²) in [6, 6.07) is 0. The summed E-state index contributed by atoms with van der Waals surface area (Å²) >= 11 is 0. The Morgan fingerprint density at radius 3 is 2.30 bits per heavy atom. The smallest absolute Gasteiger partial charge is 0.306 e. The summed E-state index contributed by atoms with van der Waals surface area (Å²) in [5, 5.41) is 17.6. The number of aliphatic hydroxyl groups excluding tert-OH is 1. The highest BCUT2D eigenvalue weighted by molar-refractivity contribution is 5.70. The Morgan fingerprint density at radius 1 is 1.50 bits per heavy atom. The second-order valence-electron chi connectivity index (χ2n) is 3.05. The van der Waals surface area contributed by atoms with Crippen LogP contribution < -0.4 is 0 Å². The van der Waals surface area contributed by atoms with Gasteiger partial charge in [0.25, 0.3) is 0 Å². The maximum absolute atomic E-state index is 10.4. The Bertz CT molecular complexity index is 144. The first kappa shape index (κ1) is 7.54. The van der Waals surface area contributed by atoms with Gasteiger partial charge >= 0.3 is 5.97 Å². The van der Waals surface area contributed by atoms with Gasteiger partial charge < -0.3 is 10.2 Å². The molecule has 1 saturated carbocycles. The molecule has 0 aromatic carbocycles. The molecule has 0 aromatic heterocycles. The lowest BCUT2D eigenvalue weighted by atomic mass is 9.99. The van der Waals surface area contributed by atoms with Crippen molar-refractivity contribution < 1.29 is 15.0 Å².